The van der Waals surface area contributed by atoms with Crippen LogP contribution in [-0.4, -0.2) is 113 Å². The van der Waals surface area contributed by atoms with Crippen LogP contribution >= 0.6 is 0 Å². The van der Waals surface area contributed by atoms with Crippen molar-refractivity contribution in [2.75, 3.05) is 39.6 Å². The van der Waals surface area contributed by atoms with Gasteiger partial charge in [0.1, 0.15) is 34.5 Å². The van der Waals surface area contributed by atoms with Gasteiger partial charge >= 0.3 is 0 Å². The Labute approximate surface area is 393 Å². The maximum absolute atomic E-state index is 6.26. The fourth-order valence-corrected chi connectivity index (χ4v) is 9.44. The van der Waals surface area contributed by atoms with Gasteiger partial charge in [-0.25, -0.2) is 0 Å². The van der Waals surface area contributed by atoms with Crippen LogP contribution in [0, 0.1) is 0 Å². The van der Waals surface area contributed by atoms with Crippen molar-refractivity contribution < 1.29 is 28.4 Å². The molecule has 12 heteroatoms. The molecule has 0 N–H and O–H groups in total. The minimum Gasteiger partial charge on any atom is -0.493 e. The molecule has 9 aliphatic rings. The fourth-order valence-electron chi connectivity index (χ4n) is 9.44. The number of benzene rings is 3. The van der Waals surface area contributed by atoms with Crippen molar-refractivity contribution in [3.63, 3.8) is 0 Å². The predicted octanol–water partition coefficient (Wildman–Crippen LogP) is 10.9. The first kappa shape index (κ1) is 48.4. The third-order valence-corrected chi connectivity index (χ3v) is 12.7. The molecular formula is C54H72N6O6. The monoisotopic (exact) mass is 901 g/mol. The summed E-state index contributed by atoms with van der Waals surface area (Å²) in [6.45, 7) is 15.1. The van der Waals surface area contributed by atoms with Gasteiger partial charge in [-0.1, -0.05) is 38.5 Å². The van der Waals surface area contributed by atoms with Crippen molar-refractivity contribution >= 4 is 37.3 Å². The molecule has 3 aromatic rings. The average Bonchev–Trinajstić information content (AvgIpc) is 3.33. The van der Waals surface area contributed by atoms with E-state index < -0.39 is 0 Å². The lowest BCUT2D eigenvalue weighted by molar-refractivity contribution is 0.329. The Morgan fingerprint density at radius 1 is 0.288 bits per heavy atom. The summed E-state index contributed by atoms with van der Waals surface area (Å²) in [6, 6.07) is 12.3. The van der Waals surface area contributed by atoms with Crippen LogP contribution in [0.4, 0.5) is 0 Å². The second-order valence-corrected chi connectivity index (χ2v) is 17.3. The highest BCUT2D eigenvalue weighted by Gasteiger charge is 2.27. The van der Waals surface area contributed by atoms with E-state index in [0.29, 0.717) is 39.6 Å². The number of ether oxygens (including phenoxy) is 6. The van der Waals surface area contributed by atoms with Crippen LogP contribution in [0.25, 0.3) is 0 Å². The molecule has 6 heterocycles. The lowest BCUT2D eigenvalue weighted by Gasteiger charge is -2.26. The summed E-state index contributed by atoms with van der Waals surface area (Å²) in [7, 11) is 0. The molecule has 3 aromatic carbocycles. The molecule has 354 valence electrons. The smallest absolute Gasteiger partial charge is 0.128 e. The van der Waals surface area contributed by atoms with Crippen molar-refractivity contribution in [3.05, 3.63) is 69.8 Å². The molecule has 6 bridgehead atoms. The van der Waals surface area contributed by atoms with Gasteiger partial charge in [0, 0.05) is 70.7 Å². The van der Waals surface area contributed by atoms with Crippen LogP contribution in [0.2, 0.25) is 0 Å². The molecule has 0 spiro atoms. The molecule has 6 aliphatic heterocycles. The fraction of sp³-hybridized carbons (Fsp3) is 0.556. The zero-order chi connectivity index (χ0) is 46.1. The minimum absolute atomic E-state index is 0.0120. The Morgan fingerprint density at radius 2 is 0.439 bits per heavy atom. The molecule has 3 saturated carbocycles. The first-order valence-electron chi connectivity index (χ1n) is 24.9. The Bertz CT molecular complexity index is 1830. The highest BCUT2D eigenvalue weighted by molar-refractivity contribution is 5.93. The van der Waals surface area contributed by atoms with Crippen LogP contribution in [0.5, 0.6) is 34.5 Å². The van der Waals surface area contributed by atoms with Crippen molar-refractivity contribution in [2.45, 2.75) is 155 Å². The SMILES string of the molecule is CCOc1cc2c(OCC)cc1C=N[C@@H]1CCCC[C@H]1N=Cc1cc(OCC)c(cc1OCC)C=N[C@@H]1CCCC[C@H]1N=Cc1cc(OCC)c(cc1OCC)C=N[C@@H]1CCCC[C@H]1N=C2. The zero-order valence-electron chi connectivity index (χ0n) is 40.3. The maximum atomic E-state index is 6.26. The van der Waals surface area contributed by atoms with E-state index in [1.807, 2.05) is 115 Å². The van der Waals surface area contributed by atoms with E-state index in [-0.39, 0.29) is 36.3 Å². The van der Waals surface area contributed by atoms with Crippen LogP contribution in [-0.2, 0) is 0 Å². The van der Waals surface area contributed by atoms with E-state index >= 15 is 0 Å². The lowest BCUT2D eigenvalue weighted by Crippen LogP contribution is -2.27. The maximum Gasteiger partial charge on any atom is 0.128 e. The molecule has 3 fully saturated rings. The normalized spacial score (nSPS) is 23.2. The van der Waals surface area contributed by atoms with Gasteiger partial charge in [0.2, 0.25) is 0 Å². The van der Waals surface area contributed by atoms with Gasteiger partial charge in [0.05, 0.1) is 75.9 Å². The lowest BCUT2D eigenvalue weighted by atomic mass is 9.91. The summed E-state index contributed by atoms with van der Waals surface area (Å²) in [5.74, 6) is 4.47. The van der Waals surface area contributed by atoms with E-state index in [4.69, 9.17) is 58.4 Å². The molecule has 0 radical (unpaired) electrons. The highest BCUT2D eigenvalue weighted by atomic mass is 16.5. The van der Waals surface area contributed by atoms with E-state index in [1.54, 1.807) is 0 Å². The molecule has 66 heavy (non-hydrogen) atoms. The molecule has 0 aromatic heterocycles. The van der Waals surface area contributed by atoms with E-state index in [9.17, 15) is 0 Å². The quantitative estimate of drug-likeness (QED) is 0.178. The van der Waals surface area contributed by atoms with Gasteiger partial charge in [-0.05, 0) is 116 Å². The van der Waals surface area contributed by atoms with Gasteiger partial charge < -0.3 is 28.4 Å². The zero-order valence-corrected chi connectivity index (χ0v) is 40.3. The Hall–Kier alpha value is -5.52. The molecule has 0 amide bonds. The summed E-state index contributed by atoms with van der Waals surface area (Å²) < 4.78 is 37.6. The molecule has 12 nitrogen and oxygen atoms in total. The molecule has 3 aliphatic carbocycles. The molecule has 12 rings (SSSR count). The second-order valence-electron chi connectivity index (χ2n) is 17.3. The van der Waals surface area contributed by atoms with Crippen molar-refractivity contribution in [1.82, 2.24) is 0 Å². The summed E-state index contributed by atoms with van der Waals surface area (Å²) in [5, 5.41) is 0. The summed E-state index contributed by atoms with van der Waals surface area (Å²) in [6.07, 6.45) is 24.0. The van der Waals surface area contributed by atoms with Crippen LogP contribution in [0.3, 0.4) is 0 Å². The first-order chi connectivity index (χ1) is 32.4. The third-order valence-electron chi connectivity index (χ3n) is 12.7. The van der Waals surface area contributed by atoms with Crippen molar-refractivity contribution in [3.8, 4) is 34.5 Å². The van der Waals surface area contributed by atoms with Gasteiger partial charge in [-0.2, -0.15) is 0 Å². The number of hydrogen-bond donors (Lipinski definition) is 0. The standard InChI is InChI=1S/C54H72N6O6/c1-7-61-49-25-38-32-56-45-21-15-16-22-46(45)58-34-40-28-54(66-12-6)42(30-53(40)65-11-5)36-60-48-24-18-17-23-47(48)59-35-41-29-51(63-9-3)39(27-52(41)64-10-4)33-57-44-20-14-13-19-43(44)55-31-37(49)26-50(38)62-8-2/h25-36,43-48H,7-24H2,1-6H3/t43-,44-,45-,46-,47-,48-/m1/s1. The van der Waals surface area contributed by atoms with Crippen LogP contribution < -0.4 is 28.4 Å². The van der Waals surface area contributed by atoms with Gasteiger partial charge in [-0.15, -0.1) is 0 Å². The number of hydrogen-bond acceptors (Lipinski definition) is 12. The summed E-state index contributed by atoms with van der Waals surface area (Å²) >= 11 is 0. The van der Waals surface area contributed by atoms with Gasteiger partial charge in [0.25, 0.3) is 0 Å². The second kappa shape index (κ2) is 24.8. The summed E-state index contributed by atoms with van der Waals surface area (Å²) in [5.41, 5.74) is 5.23. The number of aliphatic imine (C=N–C) groups is 6. The predicted molar refractivity (Wildman–Crippen MR) is 270 cm³/mol. The topological polar surface area (TPSA) is 130 Å². The Balaban J connectivity index is 1.34. The van der Waals surface area contributed by atoms with Crippen molar-refractivity contribution in [2.24, 2.45) is 30.0 Å². The Morgan fingerprint density at radius 3 is 0.576 bits per heavy atom. The largest absolute Gasteiger partial charge is 0.493 e. The minimum atomic E-state index is 0.0120. The molecule has 0 unspecified atom stereocenters. The first-order valence-corrected chi connectivity index (χ1v) is 24.9. The Kier molecular flexibility index (Phi) is 18.2. The number of nitrogens with zero attached hydrogens (tertiary/aromatic N) is 6. The van der Waals surface area contributed by atoms with Crippen molar-refractivity contribution in [1.29, 1.82) is 0 Å². The average molecular weight is 901 g/mol. The number of rotatable bonds is 12. The molecular weight excluding hydrogens is 829 g/mol. The van der Waals surface area contributed by atoms with E-state index in [2.05, 4.69) is 0 Å². The van der Waals surface area contributed by atoms with Gasteiger partial charge in [-0.3, -0.25) is 30.0 Å². The summed E-state index contributed by atoms with van der Waals surface area (Å²) in [4.78, 5) is 31.3. The highest BCUT2D eigenvalue weighted by Crippen LogP contribution is 2.34. The van der Waals surface area contributed by atoms with E-state index in [1.165, 1.54) is 0 Å². The van der Waals surface area contributed by atoms with Gasteiger partial charge in [0.15, 0.2) is 0 Å². The molecule has 0 saturated heterocycles. The van der Waals surface area contributed by atoms with Crippen LogP contribution in [0.1, 0.15) is 152 Å². The van der Waals surface area contributed by atoms with Crippen LogP contribution in [0.15, 0.2) is 66.4 Å². The third kappa shape index (κ3) is 12.7. The molecule has 6 atom stereocenters. The van der Waals surface area contributed by atoms with E-state index in [0.717, 1.165) is 145 Å².